The van der Waals surface area contributed by atoms with Crippen LogP contribution in [0.3, 0.4) is 0 Å². The molecule has 0 aromatic carbocycles. The highest BCUT2D eigenvalue weighted by atomic mass is 32.2. The molecule has 6 nitrogen and oxygen atoms in total. The maximum atomic E-state index is 11.6. The van der Waals surface area contributed by atoms with Crippen LogP contribution in [0, 0.1) is 0 Å². The van der Waals surface area contributed by atoms with Crippen molar-refractivity contribution in [2.45, 2.75) is 25.7 Å². The highest BCUT2D eigenvalue weighted by Crippen LogP contribution is 2.39. The van der Waals surface area contributed by atoms with Crippen LogP contribution in [0.4, 0.5) is 0 Å². The second-order valence-corrected chi connectivity index (χ2v) is 5.87. The van der Waals surface area contributed by atoms with Crippen molar-refractivity contribution in [3.05, 3.63) is 17.5 Å². The summed E-state index contributed by atoms with van der Waals surface area (Å²) in [4.78, 5) is 11.6. The van der Waals surface area contributed by atoms with Gasteiger partial charge in [0.05, 0.1) is 18.6 Å². The Morgan fingerprint density at radius 1 is 1.59 bits per heavy atom. The van der Waals surface area contributed by atoms with Crippen molar-refractivity contribution < 1.29 is 17.9 Å². The van der Waals surface area contributed by atoms with Crippen molar-refractivity contribution in [2.24, 2.45) is 0 Å². The van der Waals surface area contributed by atoms with Crippen LogP contribution in [0.1, 0.15) is 41.9 Å². The molecule has 0 amide bonds. The summed E-state index contributed by atoms with van der Waals surface area (Å²) in [6, 6.07) is 1.51. The number of hydrogen-bond donors (Lipinski definition) is 0. The molecule has 0 saturated heterocycles. The lowest BCUT2D eigenvalue weighted by atomic mass is 10.3. The minimum absolute atomic E-state index is 0.0174. The standard InChI is InChI=1S/C10H14N2O4S/c1-3-16-10(13)9-6-8(7-4-5-7)11-12(9)17(2,14)15/h6-7H,3-5H2,1-2H3. The third-order valence-corrected chi connectivity index (χ3v) is 3.40. The van der Waals surface area contributed by atoms with Gasteiger partial charge in [-0.05, 0) is 25.8 Å². The van der Waals surface area contributed by atoms with E-state index in [0.717, 1.165) is 23.2 Å². The number of ether oxygens (including phenoxy) is 1. The fraction of sp³-hybridized carbons (Fsp3) is 0.600. The highest BCUT2D eigenvalue weighted by Gasteiger charge is 2.31. The highest BCUT2D eigenvalue weighted by molar-refractivity contribution is 7.89. The SMILES string of the molecule is CCOC(=O)c1cc(C2CC2)nn1S(C)(=O)=O. The van der Waals surface area contributed by atoms with Gasteiger partial charge in [-0.3, -0.25) is 0 Å². The second-order valence-electron chi connectivity index (χ2n) is 4.06. The third-order valence-electron chi connectivity index (χ3n) is 2.49. The van der Waals surface area contributed by atoms with Crippen LogP contribution in [0.5, 0.6) is 0 Å². The molecule has 1 aliphatic rings. The molecule has 1 heterocycles. The Hall–Kier alpha value is -1.37. The molecule has 17 heavy (non-hydrogen) atoms. The van der Waals surface area contributed by atoms with Crippen LogP contribution in [0.15, 0.2) is 6.07 Å². The lowest BCUT2D eigenvalue weighted by Crippen LogP contribution is -2.19. The first-order chi connectivity index (χ1) is 7.93. The van der Waals surface area contributed by atoms with Crippen molar-refractivity contribution in [1.29, 1.82) is 0 Å². The van der Waals surface area contributed by atoms with E-state index in [1.807, 2.05) is 0 Å². The van der Waals surface area contributed by atoms with E-state index in [1.165, 1.54) is 6.07 Å². The van der Waals surface area contributed by atoms with Crippen LogP contribution in [0.2, 0.25) is 0 Å². The second kappa shape index (κ2) is 4.14. The van der Waals surface area contributed by atoms with Gasteiger partial charge >= 0.3 is 5.97 Å². The summed E-state index contributed by atoms with van der Waals surface area (Å²) in [5.74, 6) is -0.372. The van der Waals surface area contributed by atoms with Gasteiger partial charge in [-0.15, -0.1) is 0 Å². The summed E-state index contributed by atoms with van der Waals surface area (Å²) in [5, 5.41) is 3.97. The van der Waals surface area contributed by atoms with Crippen molar-refractivity contribution >= 4 is 16.0 Å². The minimum Gasteiger partial charge on any atom is -0.461 e. The van der Waals surface area contributed by atoms with Crippen molar-refractivity contribution in [2.75, 3.05) is 12.9 Å². The van der Waals surface area contributed by atoms with Gasteiger partial charge < -0.3 is 4.74 Å². The molecule has 0 N–H and O–H groups in total. The third kappa shape index (κ3) is 2.49. The Morgan fingerprint density at radius 3 is 2.71 bits per heavy atom. The predicted molar refractivity (Wildman–Crippen MR) is 60.4 cm³/mol. The van der Waals surface area contributed by atoms with Gasteiger partial charge in [0.1, 0.15) is 0 Å². The normalized spacial score (nSPS) is 15.9. The van der Waals surface area contributed by atoms with E-state index in [-0.39, 0.29) is 18.2 Å². The van der Waals surface area contributed by atoms with Crippen molar-refractivity contribution in [3.8, 4) is 0 Å². The van der Waals surface area contributed by atoms with Gasteiger partial charge in [-0.25, -0.2) is 13.2 Å². The van der Waals surface area contributed by atoms with E-state index < -0.39 is 16.0 Å². The maximum absolute atomic E-state index is 11.6. The monoisotopic (exact) mass is 258 g/mol. The van der Waals surface area contributed by atoms with E-state index in [4.69, 9.17) is 4.74 Å². The van der Waals surface area contributed by atoms with E-state index >= 15 is 0 Å². The predicted octanol–water partition coefficient (Wildman–Crippen LogP) is 0.745. The van der Waals surface area contributed by atoms with Crippen LogP contribution in [-0.2, 0) is 14.8 Å². The number of nitrogens with zero attached hydrogens (tertiary/aromatic N) is 2. The number of carbonyl (C=O) groups is 1. The van der Waals surface area contributed by atoms with E-state index in [2.05, 4.69) is 5.10 Å². The molecule has 0 radical (unpaired) electrons. The molecule has 7 heteroatoms. The molecule has 2 rings (SSSR count). The lowest BCUT2D eigenvalue weighted by molar-refractivity contribution is 0.0517. The molecule has 0 spiro atoms. The summed E-state index contributed by atoms with van der Waals surface area (Å²) >= 11 is 0. The Balaban J connectivity index is 2.44. The average Bonchev–Trinajstić information content (AvgIpc) is 2.95. The Kier molecular flexibility index (Phi) is 2.94. The Morgan fingerprint density at radius 2 is 2.24 bits per heavy atom. The zero-order chi connectivity index (χ0) is 12.6. The van der Waals surface area contributed by atoms with Crippen LogP contribution in [0.25, 0.3) is 0 Å². The van der Waals surface area contributed by atoms with Gasteiger partial charge in [-0.2, -0.15) is 9.19 Å². The molecule has 0 atom stereocenters. The van der Waals surface area contributed by atoms with Gasteiger partial charge in [-0.1, -0.05) is 0 Å². The fourth-order valence-corrected chi connectivity index (χ4v) is 2.28. The minimum atomic E-state index is -3.58. The molecule has 0 unspecified atom stereocenters. The zero-order valence-corrected chi connectivity index (χ0v) is 10.5. The number of rotatable bonds is 4. The molecular weight excluding hydrogens is 244 g/mol. The quantitative estimate of drug-likeness (QED) is 0.744. The summed E-state index contributed by atoms with van der Waals surface area (Å²) in [6.07, 6.45) is 2.99. The topological polar surface area (TPSA) is 78.3 Å². The van der Waals surface area contributed by atoms with E-state index in [0.29, 0.717) is 5.69 Å². The smallest absolute Gasteiger partial charge is 0.357 e. The van der Waals surface area contributed by atoms with E-state index in [1.54, 1.807) is 6.92 Å². The number of esters is 1. The molecule has 1 aromatic heterocycles. The van der Waals surface area contributed by atoms with Crippen molar-refractivity contribution in [3.63, 3.8) is 0 Å². The molecule has 0 bridgehead atoms. The van der Waals surface area contributed by atoms with Crippen LogP contribution < -0.4 is 0 Å². The first-order valence-electron chi connectivity index (χ1n) is 5.41. The zero-order valence-electron chi connectivity index (χ0n) is 9.71. The Bertz CT molecular complexity index is 543. The van der Waals surface area contributed by atoms with Crippen LogP contribution >= 0.6 is 0 Å². The van der Waals surface area contributed by atoms with Crippen LogP contribution in [-0.4, -0.2) is 36.4 Å². The van der Waals surface area contributed by atoms with Gasteiger partial charge in [0.15, 0.2) is 5.69 Å². The maximum Gasteiger partial charge on any atom is 0.357 e. The number of hydrogen-bond acceptors (Lipinski definition) is 5. The molecule has 94 valence electrons. The Labute approximate surface area is 99.6 Å². The first-order valence-corrected chi connectivity index (χ1v) is 7.26. The number of carbonyl (C=O) groups excluding carboxylic acids is 1. The summed E-state index contributed by atoms with van der Waals surface area (Å²) in [7, 11) is -3.58. The molecule has 1 saturated carbocycles. The largest absolute Gasteiger partial charge is 0.461 e. The van der Waals surface area contributed by atoms with Gasteiger partial charge in [0.2, 0.25) is 0 Å². The van der Waals surface area contributed by atoms with Crippen molar-refractivity contribution in [1.82, 2.24) is 9.19 Å². The number of aromatic nitrogens is 2. The fourth-order valence-electron chi connectivity index (χ4n) is 1.56. The molecule has 0 aliphatic heterocycles. The molecule has 1 fully saturated rings. The average molecular weight is 258 g/mol. The summed E-state index contributed by atoms with van der Waals surface area (Å²) < 4.78 is 28.6. The van der Waals surface area contributed by atoms with Gasteiger partial charge in [0, 0.05) is 5.92 Å². The summed E-state index contributed by atoms with van der Waals surface area (Å²) in [5.41, 5.74) is 0.634. The summed E-state index contributed by atoms with van der Waals surface area (Å²) in [6.45, 7) is 1.87. The molecule has 1 aromatic rings. The lowest BCUT2D eigenvalue weighted by Gasteiger charge is -2.03. The van der Waals surface area contributed by atoms with Gasteiger partial charge in [0.25, 0.3) is 10.0 Å². The molecule has 1 aliphatic carbocycles. The van der Waals surface area contributed by atoms with E-state index in [9.17, 15) is 13.2 Å². The first kappa shape index (κ1) is 12.1. The molecular formula is C10H14N2O4S.